The van der Waals surface area contributed by atoms with Gasteiger partial charge in [-0.05, 0) is 68.5 Å². The van der Waals surface area contributed by atoms with Gasteiger partial charge in [0, 0.05) is 5.56 Å². The van der Waals surface area contributed by atoms with Crippen LogP contribution in [0.2, 0.25) is 0 Å². The molecule has 174 valence electrons. The highest BCUT2D eigenvalue weighted by Crippen LogP contribution is 2.28. The third-order valence-electron chi connectivity index (χ3n) is 5.04. The number of esters is 1. The first-order chi connectivity index (χ1) is 16.2. The Hall–Kier alpha value is -4.02. The van der Waals surface area contributed by atoms with Crippen molar-refractivity contribution in [3.05, 3.63) is 77.6 Å². The van der Waals surface area contributed by atoms with Gasteiger partial charge in [0.25, 0.3) is 5.91 Å². The number of hydrogen-bond acceptors (Lipinski definition) is 7. The third kappa shape index (κ3) is 4.68. The average molecular weight is 480 g/mol. The molecule has 0 atom stereocenters. The summed E-state index contributed by atoms with van der Waals surface area (Å²) in [5.41, 5.74) is 2.30. The van der Waals surface area contributed by atoms with E-state index < -0.39 is 16.0 Å². The summed E-state index contributed by atoms with van der Waals surface area (Å²) in [5, 5.41) is 10.6. The Morgan fingerprint density at radius 2 is 1.88 bits per heavy atom. The van der Waals surface area contributed by atoms with E-state index in [1.54, 1.807) is 56.3 Å². The Morgan fingerprint density at radius 3 is 2.56 bits per heavy atom. The first kappa shape index (κ1) is 23.1. The maximum Gasteiger partial charge on any atom is 0.338 e. The predicted octanol–water partition coefficient (Wildman–Crippen LogP) is 3.58. The Bertz CT molecular complexity index is 1440. The molecular formula is C24H21N3O6S. The van der Waals surface area contributed by atoms with E-state index in [0.717, 1.165) is 0 Å². The molecule has 10 heteroatoms. The fraction of sp³-hybridized carbons (Fsp3) is 0.125. The zero-order valence-corrected chi connectivity index (χ0v) is 19.2. The van der Waals surface area contributed by atoms with Crippen molar-refractivity contribution in [2.24, 2.45) is 10.2 Å². The number of benzene rings is 2. The topological polar surface area (TPSA) is 132 Å². The second-order valence-electron chi connectivity index (χ2n) is 7.40. The van der Waals surface area contributed by atoms with E-state index in [1.165, 1.54) is 29.3 Å². The number of carbonyl (C=O) groups excluding carboxylic acids is 2. The lowest BCUT2D eigenvalue weighted by Gasteiger charge is -2.11. The van der Waals surface area contributed by atoms with Gasteiger partial charge in [0.15, 0.2) is 0 Å². The molecular weight excluding hydrogens is 458 g/mol. The van der Waals surface area contributed by atoms with Crippen molar-refractivity contribution in [2.45, 2.75) is 18.7 Å². The molecule has 0 saturated carbocycles. The molecule has 1 aliphatic heterocycles. The molecule has 0 aliphatic carbocycles. The SMILES string of the molecule is CCOC(=O)c1cccc(-c2ccc(/C=C3\C(=O)N(c4ccc(S(N)(=O)=O)cc4)N=C3C)o2)c1. The lowest BCUT2D eigenvalue weighted by Crippen LogP contribution is -2.21. The van der Waals surface area contributed by atoms with Crippen LogP contribution in [0.5, 0.6) is 0 Å². The van der Waals surface area contributed by atoms with Gasteiger partial charge in [0.05, 0.1) is 34.0 Å². The zero-order chi connectivity index (χ0) is 24.5. The summed E-state index contributed by atoms with van der Waals surface area (Å²) in [7, 11) is -3.84. The molecule has 3 aromatic rings. The fourth-order valence-electron chi connectivity index (χ4n) is 3.38. The van der Waals surface area contributed by atoms with Gasteiger partial charge in [0.1, 0.15) is 11.5 Å². The summed E-state index contributed by atoms with van der Waals surface area (Å²) in [6.07, 6.45) is 1.58. The van der Waals surface area contributed by atoms with Crippen molar-refractivity contribution in [2.75, 3.05) is 11.6 Å². The van der Waals surface area contributed by atoms with E-state index in [2.05, 4.69) is 5.10 Å². The van der Waals surface area contributed by atoms with Crippen molar-refractivity contribution in [1.82, 2.24) is 0 Å². The minimum absolute atomic E-state index is 0.0606. The van der Waals surface area contributed by atoms with Crippen molar-refractivity contribution < 1.29 is 27.2 Å². The number of anilines is 1. The van der Waals surface area contributed by atoms with Gasteiger partial charge < -0.3 is 9.15 Å². The minimum atomic E-state index is -3.84. The Labute approximate surface area is 196 Å². The van der Waals surface area contributed by atoms with Gasteiger partial charge in [-0.2, -0.15) is 10.1 Å². The van der Waals surface area contributed by atoms with E-state index in [0.29, 0.717) is 39.6 Å². The van der Waals surface area contributed by atoms with Crippen molar-refractivity contribution in [3.8, 4) is 11.3 Å². The number of sulfonamides is 1. The van der Waals surface area contributed by atoms with E-state index in [4.69, 9.17) is 14.3 Å². The summed E-state index contributed by atoms with van der Waals surface area (Å²) in [6, 6.07) is 15.9. The lowest BCUT2D eigenvalue weighted by molar-refractivity contribution is -0.114. The van der Waals surface area contributed by atoms with Crippen LogP contribution < -0.4 is 10.1 Å². The lowest BCUT2D eigenvalue weighted by atomic mass is 10.1. The number of nitrogens with two attached hydrogens (primary N) is 1. The second kappa shape index (κ2) is 9.08. The minimum Gasteiger partial charge on any atom is -0.462 e. The van der Waals surface area contributed by atoms with Crippen LogP contribution in [0.4, 0.5) is 5.69 Å². The summed E-state index contributed by atoms with van der Waals surface area (Å²) in [5.74, 6) is 0.149. The molecule has 0 fully saturated rings. The number of carbonyl (C=O) groups is 2. The van der Waals surface area contributed by atoms with E-state index in [-0.39, 0.29) is 17.4 Å². The predicted molar refractivity (Wildman–Crippen MR) is 126 cm³/mol. The summed E-state index contributed by atoms with van der Waals surface area (Å²) < 4.78 is 33.8. The standard InChI is InChI=1S/C24H21N3O6S/c1-3-32-24(29)17-6-4-5-16(13-17)22-12-9-19(33-22)14-21-15(2)26-27(23(21)28)18-7-10-20(11-8-18)34(25,30)31/h4-14H,3H2,1-2H3,(H2,25,30,31)/b21-14-. The molecule has 1 aliphatic rings. The monoisotopic (exact) mass is 479 g/mol. The molecule has 0 bridgehead atoms. The highest BCUT2D eigenvalue weighted by atomic mass is 32.2. The van der Waals surface area contributed by atoms with E-state index in [1.807, 2.05) is 0 Å². The molecule has 2 N–H and O–H groups in total. The van der Waals surface area contributed by atoms with Crippen LogP contribution in [0.25, 0.3) is 17.4 Å². The maximum absolute atomic E-state index is 13.0. The molecule has 0 unspecified atom stereocenters. The van der Waals surface area contributed by atoms with Gasteiger partial charge in [-0.1, -0.05) is 12.1 Å². The molecule has 1 amide bonds. The third-order valence-corrected chi connectivity index (χ3v) is 5.97. The highest BCUT2D eigenvalue weighted by molar-refractivity contribution is 7.89. The van der Waals surface area contributed by atoms with Crippen molar-refractivity contribution in [1.29, 1.82) is 0 Å². The fourth-order valence-corrected chi connectivity index (χ4v) is 3.89. The van der Waals surface area contributed by atoms with Gasteiger partial charge in [-0.15, -0.1) is 0 Å². The number of hydrogen-bond donors (Lipinski definition) is 1. The van der Waals surface area contributed by atoms with Crippen LogP contribution in [-0.4, -0.2) is 32.6 Å². The Morgan fingerprint density at radius 1 is 1.15 bits per heavy atom. The molecule has 0 saturated heterocycles. The quantitative estimate of drug-likeness (QED) is 0.424. The molecule has 4 rings (SSSR count). The maximum atomic E-state index is 13.0. The normalized spacial score (nSPS) is 15.0. The van der Waals surface area contributed by atoms with Gasteiger partial charge in [0.2, 0.25) is 10.0 Å². The number of hydrazone groups is 1. The van der Waals surface area contributed by atoms with Gasteiger partial charge >= 0.3 is 5.97 Å². The highest BCUT2D eigenvalue weighted by Gasteiger charge is 2.29. The summed E-state index contributed by atoms with van der Waals surface area (Å²) in [6.45, 7) is 3.71. The van der Waals surface area contributed by atoms with Crippen LogP contribution in [0, 0.1) is 0 Å². The molecule has 2 aromatic carbocycles. The first-order valence-electron chi connectivity index (χ1n) is 10.3. The van der Waals surface area contributed by atoms with Gasteiger partial charge in [-0.3, -0.25) is 4.79 Å². The molecule has 2 heterocycles. The van der Waals surface area contributed by atoms with Crippen LogP contribution in [-0.2, 0) is 19.6 Å². The van der Waals surface area contributed by atoms with Crippen molar-refractivity contribution in [3.63, 3.8) is 0 Å². The first-order valence-corrected chi connectivity index (χ1v) is 11.8. The number of furan rings is 1. The Kier molecular flexibility index (Phi) is 6.18. The number of ether oxygens (including phenoxy) is 1. The van der Waals surface area contributed by atoms with Crippen LogP contribution in [0.3, 0.4) is 0 Å². The van der Waals surface area contributed by atoms with Crippen LogP contribution in [0.1, 0.15) is 30.0 Å². The summed E-state index contributed by atoms with van der Waals surface area (Å²) >= 11 is 0. The molecule has 0 spiro atoms. The Balaban J connectivity index is 1.57. The number of nitrogens with zero attached hydrogens (tertiary/aromatic N) is 2. The van der Waals surface area contributed by atoms with Crippen molar-refractivity contribution >= 4 is 39.4 Å². The van der Waals surface area contributed by atoms with Gasteiger partial charge in [-0.25, -0.2) is 18.4 Å². The number of amides is 1. The largest absolute Gasteiger partial charge is 0.462 e. The molecule has 9 nitrogen and oxygen atoms in total. The van der Waals surface area contributed by atoms with E-state index >= 15 is 0 Å². The van der Waals surface area contributed by atoms with Crippen LogP contribution in [0.15, 0.2) is 80.7 Å². The smallest absolute Gasteiger partial charge is 0.338 e. The van der Waals surface area contributed by atoms with Crippen LogP contribution >= 0.6 is 0 Å². The number of rotatable bonds is 6. The van der Waals surface area contributed by atoms with E-state index in [9.17, 15) is 18.0 Å². The zero-order valence-electron chi connectivity index (χ0n) is 18.4. The second-order valence-corrected chi connectivity index (χ2v) is 8.96. The number of primary sulfonamides is 1. The summed E-state index contributed by atoms with van der Waals surface area (Å²) in [4.78, 5) is 24.9. The average Bonchev–Trinajstić information content (AvgIpc) is 3.39. The molecule has 0 radical (unpaired) electrons. The molecule has 34 heavy (non-hydrogen) atoms. The molecule has 1 aromatic heterocycles.